The number of thioether (sulfide) groups is 1. The van der Waals surface area contributed by atoms with Crippen LogP contribution in [0, 0.1) is 13.8 Å². The van der Waals surface area contributed by atoms with Crippen molar-refractivity contribution in [3.8, 4) is 31.8 Å². The molecule has 0 unspecified atom stereocenters. The molecule has 1 N–H and O–H groups in total. The Kier molecular flexibility index (Phi) is 7.28. The lowest BCUT2D eigenvalue weighted by molar-refractivity contribution is 0.0746. The number of hydrogen-bond donors (Lipinski definition) is 1. The number of rotatable bonds is 8. The van der Waals surface area contributed by atoms with Gasteiger partial charge in [-0.25, -0.2) is 15.0 Å². The molecule has 0 spiro atoms. The van der Waals surface area contributed by atoms with Gasteiger partial charge in [0.1, 0.15) is 10.6 Å². The Morgan fingerprint density at radius 2 is 1.68 bits per heavy atom. The van der Waals surface area contributed by atoms with Crippen LogP contribution in [-0.2, 0) is 11.4 Å². The number of thiazole rings is 1. The SMILES string of the molecule is COc1ccc(-c2cc(CSc3nc(C)cc(C)n3)c(-c3nc(C(C)(C)O)cs3)s2)cc1OC. The van der Waals surface area contributed by atoms with Gasteiger partial charge in [0.25, 0.3) is 0 Å². The molecule has 4 aromatic rings. The summed E-state index contributed by atoms with van der Waals surface area (Å²) in [6, 6.07) is 10.1. The van der Waals surface area contributed by atoms with Crippen LogP contribution in [0.5, 0.6) is 11.5 Å². The Morgan fingerprint density at radius 3 is 2.29 bits per heavy atom. The molecule has 4 rings (SSSR count). The summed E-state index contributed by atoms with van der Waals surface area (Å²) in [7, 11) is 3.27. The van der Waals surface area contributed by atoms with Crippen LogP contribution in [0.15, 0.2) is 40.9 Å². The third kappa shape index (κ3) is 5.43. The first-order chi connectivity index (χ1) is 16.2. The number of benzene rings is 1. The number of aryl methyl sites for hydroxylation is 2. The van der Waals surface area contributed by atoms with Gasteiger partial charge in [-0.3, -0.25) is 0 Å². The van der Waals surface area contributed by atoms with Gasteiger partial charge in [0.05, 0.1) is 24.8 Å². The minimum absolute atomic E-state index is 0.671. The van der Waals surface area contributed by atoms with Crippen molar-refractivity contribution in [2.75, 3.05) is 14.2 Å². The van der Waals surface area contributed by atoms with E-state index in [1.165, 1.54) is 0 Å². The fourth-order valence-electron chi connectivity index (χ4n) is 3.41. The lowest BCUT2D eigenvalue weighted by Crippen LogP contribution is -2.15. The Labute approximate surface area is 212 Å². The molecule has 0 aliphatic heterocycles. The Balaban J connectivity index is 1.74. The second-order valence-electron chi connectivity index (χ2n) is 8.35. The highest BCUT2D eigenvalue weighted by Crippen LogP contribution is 2.43. The van der Waals surface area contributed by atoms with E-state index in [4.69, 9.17) is 14.5 Å². The maximum atomic E-state index is 10.4. The molecule has 1 aromatic carbocycles. The zero-order valence-electron chi connectivity index (χ0n) is 20.0. The zero-order valence-corrected chi connectivity index (χ0v) is 22.5. The molecule has 0 saturated carbocycles. The van der Waals surface area contributed by atoms with Gasteiger partial charge in [0.15, 0.2) is 16.7 Å². The Hall–Kier alpha value is -2.46. The van der Waals surface area contributed by atoms with Crippen LogP contribution in [0.3, 0.4) is 0 Å². The predicted octanol–water partition coefficient (Wildman–Crippen LogP) is 6.48. The number of aromatic nitrogens is 3. The maximum Gasteiger partial charge on any atom is 0.188 e. The van der Waals surface area contributed by atoms with E-state index in [2.05, 4.69) is 16.0 Å². The number of thiophene rings is 1. The van der Waals surface area contributed by atoms with E-state index in [0.29, 0.717) is 22.9 Å². The highest BCUT2D eigenvalue weighted by Gasteiger charge is 2.23. The van der Waals surface area contributed by atoms with E-state index < -0.39 is 5.60 Å². The minimum atomic E-state index is -0.986. The molecule has 9 heteroatoms. The molecular weight excluding hydrogens is 486 g/mol. The van der Waals surface area contributed by atoms with E-state index in [0.717, 1.165) is 42.4 Å². The first-order valence-corrected chi connectivity index (χ1v) is 13.3. The smallest absolute Gasteiger partial charge is 0.188 e. The van der Waals surface area contributed by atoms with Crippen LogP contribution in [0.4, 0.5) is 0 Å². The summed E-state index contributed by atoms with van der Waals surface area (Å²) in [6.07, 6.45) is 0. The average Bonchev–Trinajstić information content (AvgIpc) is 3.44. The van der Waals surface area contributed by atoms with Gasteiger partial charge in [-0.05, 0) is 69.2 Å². The van der Waals surface area contributed by atoms with Crippen LogP contribution in [0.1, 0.15) is 36.5 Å². The second-order valence-corrected chi connectivity index (χ2v) is 11.2. The van der Waals surface area contributed by atoms with Crippen LogP contribution in [0.2, 0.25) is 0 Å². The summed E-state index contributed by atoms with van der Waals surface area (Å²) < 4.78 is 10.9. The van der Waals surface area contributed by atoms with Crippen LogP contribution in [0.25, 0.3) is 20.3 Å². The number of ether oxygens (including phenoxy) is 2. The third-order valence-electron chi connectivity index (χ3n) is 5.12. The third-order valence-corrected chi connectivity index (χ3v) is 8.24. The lowest BCUT2D eigenvalue weighted by atomic mass is 10.1. The van der Waals surface area contributed by atoms with Gasteiger partial charge in [-0.15, -0.1) is 22.7 Å². The van der Waals surface area contributed by atoms with Crippen molar-refractivity contribution < 1.29 is 14.6 Å². The molecule has 3 heterocycles. The molecule has 0 bridgehead atoms. The number of aliphatic hydroxyl groups is 1. The van der Waals surface area contributed by atoms with Crippen LogP contribution < -0.4 is 9.47 Å². The van der Waals surface area contributed by atoms with E-state index in [9.17, 15) is 5.11 Å². The van der Waals surface area contributed by atoms with Gasteiger partial charge in [-0.2, -0.15) is 0 Å². The minimum Gasteiger partial charge on any atom is -0.493 e. The summed E-state index contributed by atoms with van der Waals surface area (Å²) in [5, 5.41) is 14.0. The molecule has 0 aliphatic rings. The summed E-state index contributed by atoms with van der Waals surface area (Å²) in [4.78, 5) is 16.1. The van der Waals surface area contributed by atoms with Crippen molar-refractivity contribution in [1.82, 2.24) is 15.0 Å². The molecule has 0 amide bonds. The fraction of sp³-hybridized carbons (Fsp3) is 0.320. The lowest BCUT2D eigenvalue weighted by Gasteiger charge is -2.12. The number of methoxy groups -OCH3 is 2. The van der Waals surface area contributed by atoms with E-state index >= 15 is 0 Å². The highest BCUT2D eigenvalue weighted by atomic mass is 32.2. The molecule has 34 heavy (non-hydrogen) atoms. The summed E-state index contributed by atoms with van der Waals surface area (Å²) in [5.41, 5.74) is 3.80. The second kappa shape index (κ2) is 10.0. The first-order valence-electron chi connectivity index (χ1n) is 10.7. The quantitative estimate of drug-likeness (QED) is 0.213. The zero-order chi connectivity index (χ0) is 24.5. The van der Waals surface area contributed by atoms with Crippen molar-refractivity contribution in [3.05, 3.63) is 58.4 Å². The van der Waals surface area contributed by atoms with E-state index in [-0.39, 0.29) is 0 Å². The van der Waals surface area contributed by atoms with Gasteiger partial charge in [0.2, 0.25) is 0 Å². The summed E-state index contributed by atoms with van der Waals surface area (Å²) in [6.45, 7) is 7.47. The van der Waals surface area contributed by atoms with Gasteiger partial charge in [0, 0.05) is 27.4 Å². The number of nitrogens with zero attached hydrogens (tertiary/aromatic N) is 3. The van der Waals surface area contributed by atoms with Crippen molar-refractivity contribution >= 4 is 34.4 Å². The van der Waals surface area contributed by atoms with Crippen LogP contribution >= 0.6 is 34.4 Å². The van der Waals surface area contributed by atoms with Crippen molar-refractivity contribution in [2.24, 2.45) is 0 Å². The van der Waals surface area contributed by atoms with Crippen molar-refractivity contribution in [1.29, 1.82) is 0 Å². The molecule has 178 valence electrons. The first kappa shape index (κ1) is 24.7. The van der Waals surface area contributed by atoms with Gasteiger partial charge in [-0.1, -0.05) is 11.8 Å². The Bertz CT molecular complexity index is 1290. The molecule has 0 radical (unpaired) electrons. The molecule has 0 fully saturated rings. The molecule has 3 aromatic heterocycles. The standard InChI is InChI=1S/C25H27N3O3S3/c1-14-9-15(2)27-24(26-14)33-12-17-11-20(16-7-8-18(30-5)19(10-16)31-6)34-22(17)23-28-21(13-32-23)25(3,4)29/h7-11,13,29H,12H2,1-6H3. The molecular formula is C25H27N3O3S3. The fourth-order valence-corrected chi connectivity index (χ4v) is 6.71. The van der Waals surface area contributed by atoms with E-state index in [1.54, 1.807) is 62.5 Å². The molecule has 0 aliphatic carbocycles. The predicted molar refractivity (Wildman–Crippen MR) is 140 cm³/mol. The van der Waals surface area contributed by atoms with Gasteiger partial charge < -0.3 is 14.6 Å². The van der Waals surface area contributed by atoms with Gasteiger partial charge >= 0.3 is 0 Å². The monoisotopic (exact) mass is 513 g/mol. The largest absolute Gasteiger partial charge is 0.493 e. The average molecular weight is 514 g/mol. The van der Waals surface area contributed by atoms with E-state index in [1.807, 2.05) is 43.5 Å². The molecule has 0 atom stereocenters. The Morgan fingerprint density at radius 1 is 0.971 bits per heavy atom. The summed E-state index contributed by atoms with van der Waals surface area (Å²) in [5.74, 6) is 2.09. The normalized spacial score (nSPS) is 11.6. The highest BCUT2D eigenvalue weighted by molar-refractivity contribution is 7.98. The molecule has 0 saturated heterocycles. The number of hydrogen-bond acceptors (Lipinski definition) is 9. The topological polar surface area (TPSA) is 77.4 Å². The van der Waals surface area contributed by atoms with Crippen molar-refractivity contribution in [2.45, 2.75) is 44.2 Å². The van der Waals surface area contributed by atoms with Crippen LogP contribution in [-0.4, -0.2) is 34.3 Å². The van der Waals surface area contributed by atoms with Crippen molar-refractivity contribution in [3.63, 3.8) is 0 Å². The maximum absolute atomic E-state index is 10.4. The molecule has 6 nitrogen and oxygen atoms in total. The summed E-state index contributed by atoms with van der Waals surface area (Å²) >= 11 is 4.84.